The van der Waals surface area contributed by atoms with Gasteiger partial charge in [-0.1, -0.05) is 6.07 Å². The van der Waals surface area contributed by atoms with Crippen molar-refractivity contribution in [3.05, 3.63) is 52.6 Å². The van der Waals surface area contributed by atoms with Gasteiger partial charge in [0.25, 0.3) is 5.69 Å². The molecule has 1 aromatic heterocycles. The summed E-state index contributed by atoms with van der Waals surface area (Å²) in [7, 11) is 0. The predicted molar refractivity (Wildman–Crippen MR) is 68.3 cm³/mol. The molecule has 6 nitrogen and oxygen atoms in total. The Morgan fingerprint density at radius 2 is 2.33 bits per heavy atom. The van der Waals surface area contributed by atoms with Crippen LogP contribution >= 0.6 is 0 Å². The van der Waals surface area contributed by atoms with Gasteiger partial charge in [-0.15, -0.1) is 0 Å². The average molecular weight is 246 g/mol. The Hall–Kier alpha value is -2.37. The molecule has 0 saturated heterocycles. The molecule has 0 spiro atoms. The highest BCUT2D eigenvalue weighted by Crippen LogP contribution is 2.17. The second kappa shape index (κ2) is 5.31. The molecule has 0 fully saturated rings. The van der Waals surface area contributed by atoms with E-state index in [4.69, 9.17) is 0 Å². The van der Waals surface area contributed by atoms with Crippen LogP contribution in [0.25, 0.3) is 0 Å². The molecule has 18 heavy (non-hydrogen) atoms. The molecule has 2 rings (SSSR count). The zero-order valence-corrected chi connectivity index (χ0v) is 10.0. The average Bonchev–Trinajstić information content (AvgIpc) is 2.84. The molecule has 0 aliphatic rings. The van der Waals surface area contributed by atoms with Gasteiger partial charge in [0, 0.05) is 36.8 Å². The monoisotopic (exact) mass is 246 g/mol. The van der Waals surface area contributed by atoms with Crippen LogP contribution in [0.15, 0.2) is 36.7 Å². The fourth-order valence-electron chi connectivity index (χ4n) is 1.71. The highest BCUT2D eigenvalue weighted by atomic mass is 16.6. The van der Waals surface area contributed by atoms with Crippen molar-refractivity contribution in [3.8, 4) is 0 Å². The molecule has 6 heteroatoms. The zero-order valence-electron chi connectivity index (χ0n) is 10.0. The van der Waals surface area contributed by atoms with E-state index in [-0.39, 0.29) is 5.69 Å². The van der Waals surface area contributed by atoms with E-state index in [1.165, 1.54) is 12.1 Å². The number of aryl methyl sites for hydroxylation is 1. The number of non-ortho nitro benzene ring substituents is 1. The number of benzene rings is 1. The van der Waals surface area contributed by atoms with Gasteiger partial charge in [0.2, 0.25) is 0 Å². The standard InChI is InChI=1S/C12H14N4O2/c1-2-15-7-6-13-12(15)9-14-10-4-3-5-11(8-10)16(17)18/h3-8,14H,2,9H2,1H3. The van der Waals surface area contributed by atoms with Crippen molar-refractivity contribution in [2.24, 2.45) is 0 Å². The number of aromatic nitrogens is 2. The number of imidazole rings is 1. The van der Waals surface area contributed by atoms with Gasteiger partial charge in [-0.3, -0.25) is 10.1 Å². The van der Waals surface area contributed by atoms with Crippen molar-refractivity contribution in [1.82, 2.24) is 9.55 Å². The third kappa shape index (κ3) is 2.65. The van der Waals surface area contributed by atoms with Gasteiger partial charge in [-0.25, -0.2) is 4.98 Å². The van der Waals surface area contributed by atoms with Gasteiger partial charge in [-0.2, -0.15) is 0 Å². The Bertz CT molecular complexity index is 551. The fourth-order valence-corrected chi connectivity index (χ4v) is 1.71. The van der Waals surface area contributed by atoms with Crippen LogP contribution < -0.4 is 5.32 Å². The van der Waals surface area contributed by atoms with Gasteiger partial charge < -0.3 is 9.88 Å². The molecule has 1 N–H and O–H groups in total. The van der Waals surface area contributed by atoms with Gasteiger partial charge in [-0.05, 0) is 13.0 Å². The minimum atomic E-state index is -0.405. The fraction of sp³-hybridized carbons (Fsp3) is 0.250. The first-order valence-corrected chi connectivity index (χ1v) is 5.69. The van der Waals surface area contributed by atoms with Crippen LogP contribution in [0, 0.1) is 10.1 Å². The minimum absolute atomic E-state index is 0.0823. The zero-order chi connectivity index (χ0) is 13.0. The smallest absolute Gasteiger partial charge is 0.271 e. The summed E-state index contributed by atoms with van der Waals surface area (Å²) in [4.78, 5) is 14.5. The van der Waals surface area contributed by atoms with E-state index in [1.54, 1.807) is 18.3 Å². The van der Waals surface area contributed by atoms with E-state index in [0.717, 1.165) is 18.1 Å². The Morgan fingerprint density at radius 3 is 3.06 bits per heavy atom. The van der Waals surface area contributed by atoms with Gasteiger partial charge in [0.15, 0.2) is 0 Å². The van der Waals surface area contributed by atoms with Crippen molar-refractivity contribution < 1.29 is 4.92 Å². The Balaban J connectivity index is 2.06. The summed E-state index contributed by atoms with van der Waals surface area (Å²) in [6.45, 7) is 3.44. The number of nitro groups is 1. The molecule has 0 aliphatic heterocycles. The molecular formula is C12H14N4O2. The normalized spacial score (nSPS) is 10.3. The first-order chi connectivity index (χ1) is 8.70. The SMILES string of the molecule is CCn1ccnc1CNc1cccc([N+](=O)[O-])c1. The Labute approximate surface area is 104 Å². The summed E-state index contributed by atoms with van der Waals surface area (Å²) < 4.78 is 2.02. The summed E-state index contributed by atoms with van der Waals surface area (Å²) in [6.07, 6.45) is 3.65. The van der Waals surface area contributed by atoms with E-state index in [0.29, 0.717) is 6.54 Å². The molecule has 1 aromatic carbocycles. The molecular weight excluding hydrogens is 232 g/mol. The quantitative estimate of drug-likeness (QED) is 0.649. The number of rotatable bonds is 5. The van der Waals surface area contributed by atoms with Crippen molar-refractivity contribution in [1.29, 1.82) is 0 Å². The number of hydrogen-bond donors (Lipinski definition) is 1. The number of nitrogens with zero attached hydrogens (tertiary/aromatic N) is 3. The lowest BCUT2D eigenvalue weighted by Gasteiger charge is -2.07. The maximum atomic E-state index is 10.6. The van der Waals surface area contributed by atoms with Crippen LogP contribution in [0.4, 0.5) is 11.4 Å². The van der Waals surface area contributed by atoms with Crippen LogP contribution in [-0.4, -0.2) is 14.5 Å². The first kappa shape index (κ1) is 12.1. The topological polar surface area (TPSA) is 73.0 Å². The van der Waals surface area contributed by atoms with Crippen molar-refractivity contribution in [2.45, 2.75) is 20.0 Å². The van der Waals surface area contributed by atoms with Crippen molar-refractivity contribution in [3.63, 3.8) is 0 Å². The summed E-state index contributed by atoms with van der Waals surface area (Å²) >= 11 is 0. The Kier molecular flexibility index (Phi) is 3.57. The van der Waals surface area contributed by atoms with Crippen LogP contribution in [0.3, 0.4) is 0 Å². The molecule has 2 aromatic rings. The summed E-state index contributed by atoms with van der Waals surface area (Å²) in [5, 5.41) is 13.8. The van der Waals surface area contributed by atoms with Crippen molar-refractivity contribution in [2.75, 3.05) is 5.32 Å². The van der Waals surface area contributed by atoms with Crippen LogP contribution in [0.1, 0.15) is 12.7 Å². The summed E-state index contributed by atoms with van der Waals surface area (Å²) in [5.41, 5.74) is 0.800. The van der Waals surface area contributed by atoms with Crippen molar-refractivity contribution >= 4 is 11.4 Å². The lowest BCUT2D eigenvalue weighted by atomic mass is 10.3. The second-order valence-electron chi connectivity index (χ2n) is 3.79. The van der Waals surface area contributed by atoms with E-state index < -0.39 is 4.92 Å². The summed E-state index contributed by atoms with van der Waals surface area (Å²) in [6, 6.07) is 6.44. The molecule has 1 heterocycles. The molecule has 0 unspecified atom stereocenters. The number of hydrogen-bond acceptors (Lipinski definition) is 4. The van der Waals surface area contributed by atoms with Crippen LogP contribution in [-0.2, 0) is 13.1 Å². The minimum Gasteiger partial charge on any atom is -0.378 e. The molecule has 0 bridgehead atoms. The van der Waals surface area contributed by atoms with Gasteiger partial charge in [0.1, 0.15) is 5.82 Å². The van der Waals surface area contributed by atoms with Crippen LogP contribution in [0.5, 0.6) is 0 Å². The lowest BCUT2D eigenvalue weighted by Crippen LogP contribution is -2.07. The maximum absolute atomic E-state index is 10.6. The molecule has 0 atom stereocenters. The van der Waals surface area contributed by atoms with E-state index in [9.17, 15) is 10.1 Å². The van der Waals surface area contributed by atoms with Crippen LogP contribution in [0.2, 0.25) is 0 Å². The molecule has 94 valence electrons. The Morgan fingerprint density at radius 1 is 1.50 bits per heavy atom. The lowest BCUT2D eigenvalue weighted by molar-refractivity contribution is -0.384. The largest absolute Gasteiger partial charge is 0.378 e. The highest BCUT2D eigenvalue weighted by Gasteiger charge is 2.06. The molecule has 0 aliphatic carbocycles. The van der Waals surface area contributed by atoms with E-state index >= 15 is 0 Å². The highest BCUT2D eigenvalue weighted by molar-refractivity contribution is 5.50. The van der Waals surface area contributed by atoms with Gasteiger partial charge in [0.05, 0.1) is 11.5 Å². The van der Waals surface area contributed by atoms with E-state index in [2.05, 4.69) is 10.3 Å². The van der Waals surface area contributed by atoms with E-state index in [1.807, 2.05) is 17.7 Å². The van der Waals surface area contributed by atoms with Gasteiger partial charge >= 0.3 is 0 Å². The number of nitro benzene ring substituents is 1. The number of anilines is 1. The summed E-state index contributed by atoms with van der Waals surface area (Å²) in [5.74, 6) is 0.906. The second-order valence-corrected chi connectivity index (χ2v) is 3.79. The molecule has 0 amide bonds. The number of nitrogens with one attached hydrogen (secondary N) is 1. The first-order valence-electron chi connectivity index (χ1n) is 5.69. The maximum Gasteiger partial charge on any atom is 0.271 e. The molecule has 0 radical (unpaired) electrons. The predicted octanol–water partition coefficient (Wildman–Crippen LogP) is 2.42. The third-order valence-corrected chi connectivity index (χ3v) is 2.65. The third-order valence-electron chi connectivity index (χ3n) is 2.65. The molecule has 0 saturated carbocycles.